The van der Waals surface area contributed by atoms with E-state index in [0.29, 0.717) is 16.8 Å². The normalized spacial score (nSPS) is 10.9. The summed E-state index contributed by atoms with van der Waals surface area (Å²) in [5, 5.41) is 8.90. The highest BCUT2D eigenvalue weighted by Gasteiger charge is 2.10. The van der Waals surface area contributed by atoms with Gasteiger partial charge in [-0.1, -0.05) is 18.2 Å². The lowest BCUT2D eigenvalue weighted by molar-refractivity contribution is 0.562. The van der Waals surface area contributed by atoms with Crippen LogP contribution in [0.15, 0.2) is 45.7 Å². The third-order valence-corrected chi connectivity index (χ3v) is 2.52. The maximum absolute atomic E-state index is 11.8. The molecule has 5 nitrogen and oxygen atoms in total. The lowest BCUT2D eigenvalue weighted by Gasteiger charge is -1.98. The number of aromatic nitrogens is 3. The maximum atomic E-state index is 11.8. The molecule has 5 heteroatoms. The van der Waals surface area contributed by atoms with E-state index in [-0.39, 0.29) is 0 Å². The van der Waals surface area contributed by atoms with Gasteiger partial charge in [0.05, 0.1) is 11.8 Å². The van der Waals surface area contributed by atoms with Crippen LogP contribution in [0, 0.1) is 0 Å². The molecule has 3 aromatic rings. The summed E-state index contributed by atoms with van der Waals surface area (Å²) in [4.78, 5) is 13.2. The lowest BCUT2D eigenvalue weighted by atomic mass is 10.1. The van der Waals surface area contributed by atoms with Crippen molar-refractivity contribution in [1.29, 1.82) is 0 Å². The molecule has 17 heavy (non-hydrogen) atoms. The monoisotopic (exact) mass is 227 g/mol. The van der Waals surface area contributed by atoms with Crippen molar-refractivity contribution < 1.29 is 4.42 Å². The van der Waals surface area contributed by atoms with Crippen LogP contribution in [0.1, 0.15) is 0 Å². The summed E-state index contributed by atoms with van der Waals surface area (Å²) in [6, 6.07) is 9.14. The summed E-state index contributed by atoms with van der Waals surface area (Å²) >= 11 is 0. The first kappa shape index (κ1) is 9.77. The van der Waals surface area contributed by atoms with Crippen LogP contribution in [-0.4, -0.2) is 15.0 Å². The number of benzene rings is 1. The molecule has 0 spiro atoms. The molecule has 3 rings (SSSR count). The van der Waals surface area contributed by atoms with Crippen molar-refractivity contribution in [3.63, 3.8) is 0 Å². The second kappa shape index (κ2) is 3.55. The fourth-order valence-corrected chi connectivity index (χ4v) is 1.71. The first-order valence-corrected chi connectivity index (χ1v) is 5.13. The van der Waals surface area contributed by atoms with E-state index in [2.05, 4.69) is 10.2 Å². The van der Waals surface area contributed by atoms with E-state index in [1.807, 2.05) is 18.2 Å². The zero-order valence-corrected chi connectivity index (χ0v) is 9.12. The molecule has 2 heterocycles. The Kier molecular flexibility index (Phi) is 2.04. The first-order chi connectivity index (χ1) is 8.24. The van der Waals surface area contributed by atoms with Crippen molar-refractivity contribution in [3.05, 3.63) is 46.9 Å². The van der Waals surface area contributed by atoms with Crippen LogP contribution in [-0.2, 0) is 7.05 Å². The molecule has 1 aromatic carbocycles. The van der Waals surface area contributed by atoms with Crippen molar-refractivity contribution in [2.45, 2.75) is 0 Å². The quantitative estimate of drug-likeness (QED) is 0.592. The minimum Gasteiger partial charge on any atom is -0.422 e. The van der Waals surface area contributed by atoms with Gasteiger partial charge in [0.15, 0.2) is 0 Å². The standard InChI is InChI=1S/C12H9N3O2/c1-15-13-7-10(14-15)9-6-8-4-2-3-5-11(8)17-12(9)16/h2-7H,1H3. The summed E-state index contributed by atoms with van der Waals surface area (Å²) in [6.45, 7) is 0. The van der Waals surface area contributed by atoms with E-state index >= 15 is 0 Å². The number of rotatable bonds is 1. The molecule has 0 N–H and O–H groups in total. The summed E-state index contributed by atoms with van der Waals surface area (Å²) in [5.74, 6) is 0. The van der Waals surface area contributed by atoms with Crippen LogP contribution in [0.5, 0.6) is 0 Å². The summed E-state index contributed by atoms with van der Waals surface area (Å²) in [6.07, 6.45) is 1.54. The summed E-state index contributed by atoms with van der Waals surface area (Å²) < 4.78 is 5.22. The maximum Gasteiger partial charge on any atom is 0.345 e. The first-order valence-electron chi connectivity index (χ1n) is 5.13. The smallest absolute Gasteiger partial charge is 0.345 e. The number of para-hydroxylation sites is 1. The summed E-state index contributed by atoms with van der Waals surface area (Å²) in [5.41, 5.74) is 1.12. The third-order valence-electron chi connectivity index (χ3n) is 2.52. The molecule has 0 saturated heterocycles. The van der Waals surface area contributed by atoms with Crippen LogP contribution < -0.4 is 5.63 Å². The van der Waals surface area contributed by atoms with Crippen LogP contribution in [0.25, 0.3) is 22.2 Å². The predicted octanol–water partition coefficient (Wildman–Crippen LogP) is 1.59. The Morgan fingerprint density at radius 2 is 2.12 bits per heavy atom. The Morgan fingerprint density at radius 3 is 2.88 bits per heavy atom. The molecule has 0 bridgehead atoms. The van der Waals surface area contributed by atoms with Gasteiger partial charge in [0.1, 0.15) is 11.3 Å². The number of hydrogen-bond acceptors (Lipinski definition) is 4. The Balaban J connectivity index is 2.30. The average Bonchev–Trinajstić information content (AvgIpc) is 2.75. The second-order valence-electron chi connectivity index (χ2n) is 3.70. The number of aryl methyl sites for hydroxylation is 1. The molecule has 0 fully saturated rings. The van der Waals surface area contributed by atoms with Crippen LogP contribution in [0.3, 0.4) is 0 Å². The average molecular weight is 227 g/mol. The molecule has 0 aliphatic carbocycles. The molecule has 0 aliphatic heterocycles. The van der Waals surface area contributed by atoms with E-state index in [1.54, 1.807) is 25.4 Å². The van der Waals surface area contributed by atoms with Gasteiger partial charge >= 0.3 is 5.63 Å². The highest BCUT2D eigenvalue weighted by molar-refractivity contribution is 5.80. The fraction of sp³-hybridized carbons (Fsp3) is 0.0833. The van der Waals surface area contributed by atoms with E-state index in [9.17, 15) is 4.79 Å². The van der Waals surface area contributed by atoms with Crippen LogP contribution in [0.2, 0.25) is 0 Å². The van der Waals surface area contributed by atoms with Gasteiger partial charge < -0.3 is 4.42 Å². The number of hydrogen-bond donors (Lipinski definition) is 0. The molecule has 0 saturated carbocycles. The zero-order valence-electron chi connectivity index (χ0n) is 9.12. The topological polar surface area (TPSA) is 60.9 Å². The van der Waals surface area contributed by atoms with Crippen LogP contribution in [0.4, 0.5) is 0 Å². The van der Waals surface area contributed by atoms with E-state index in [1.165, 1.54) is 4.80 Å². The molecule has 0 aliphatic rings. The van der Waals surface area contributed by atoms with Gasteiger partial charge in [0, 0.05) is 12.4 Å². The van der Waals surface area contributed by atoms with E-state index in [4.69, 9.17) is 4.42 Å². The highest BCUT2D eigenvalue weighted by atomic mass is 16.4. The largest absolute Gasteiger partial charge is 0.422 e. The van der Waals surface area contributed by atoms with Gasteiger partial charge in [-0.2, -0.15) is 15.0 Å². The SMILES string of the molecule is Cn1ncc(-c2cc3ccccc3oc2=O)n1. The Morgan fingerprint density at radius 1 is 1.29 bits per heavy atom. The van der Waals surface area contributed by atoms with Crippen molar-refractivity contribution >= 4 is 11.0 Å². The molecular formula is C12H9N3O2. The van der Waals surface area contributed by atoms with Gasteiger partial charge in [0.25, 0.3) is 0 Å². The lowest BCUT2D eigenvalue weighted by Crippen LogP contribution is -2.03. The van der Waals surface area contributed by atoms with Gasteiger partial charge in [-0.3, -0.25) is 0 Å². The van der Waals surface area contributed by atoms with Crippen molar-refractivity contribution in [1.82, 2.24) is 15.0 Å². The summed E-state index contributed by atoms with van der Waals surface area (Å²) in [7, 11) is 1.70. The van der Waals surface area contributed by atoms with Crippen molar-refractivity contribution in [2.75, 3.05) is 0 Å². The molecule has 0 amide bonds. The second-order valence-corrected chi connectivity index (χ2v) is 3.70. The zero-order chi connectivity index (χ0) is 11.8. The minimum atomic E-state index is -0.399. The number of fused-ring (bicyclic) bond motifs is 1. The van der Waals surface area contributed by atoms with Gasteiger partial charge in [0.2, 0.25) is 0 Å². The van der Waals surface area contributed by atoms with Crippen molar-refractivity contribution in [3.8, 4) is 11.3 Å². The Labute approximate surface area is 96.3 Å². The highest BCUT2D eigenvalue weighted by Crippen LogP contribution is 2.18. The van der Waals surface area contributed by atoms with E-state index in [0.717, 1.165) is 5.39 Å². The van der Waals surface area contributed by atoms with Gasteiger partial charge in [-0.25, -0.2) is 4.79 Å². The van der Waals surface area contributed by atoms with Gasteiger partial charge in [-0.15, -0.1) is 0 Å². The predicted molar refractivity (Wildman–Crippen MR) is 62.5 cm³/mol. The fourth-order valence-electron chi connectivity index (χ4n) is 1.71. The third kappa shape index (κ3) is 1.61. The van der Waals surface area contributed by atoms with E-state index < -0.39 is 5.63 Å². The van der Waals surface area contributed by atoms with Crippen LogP contribution >= 0.6 is 0 Å². The van der Waals surface area contributed by atoms with Crippen molar-refractivity contribution in [2.24, 2.45) is 7.05 Å². The molecular weight excluding hydrogens is 218 g/mol. The Bertz CT molecular complexity index is 743. The molecule has 0 radical (unpaired) electrons. The van der Waals surface area contributed by atoms with Gasteiger partial charge in [-0.05, 0) is 12.1 Å². The molecule has 84 valence electrons. The molecule has 0 atom stereocenters. The molecule has 0 unspecified atom stereocenters. The Hall–Kier alpha value is -2.43. The number of nitrogens with zero attached hydrogens (tertiary/aromatic N) is 3. The molecule has 2 aromatic heterocycles. The minimum absolute atomic E-state index is 0.399.